The first-order chi connectivity index (χ1) is 12.0. The highest BCUT2D eigenvalue weighted by Gasteiger charge is 2.23. The Labute approximate surface area is 159 Å². The van der Waals surface area contributed by atoms with Crippen molar-refractivity contribution in [1.82, 2.24) is 5.32 Å². The molecule has 1 aliphatic carbocycles. The molecule has 1 unspecified atom stereocenters. The molecule has 4 N–H and O–H groups in total. The van der Waals surface area contributed by atoms with Crippen LogP contribution in [0.25, 0.3) is 0 Å². The number of carbonyl (C=O) groups is 2. The van der Waals surface area contributed by atoms with Gasteiger partial charge >= 0.3 is 0 Å². The minimum absolute atomic E-state index is 0. The molecule has 1 fully saturated rings. The van der Waals surface area contributed by atoms with Crippen molar-refractivity contribution >= 4 is 35.6 Å². The average Bonchev–Trinajstić information content (AvgIpc) is 3.02. The van der Waals surface area contributed by atoms with Crippen molar-refractivity contribution < 1.29 is 19.1 Å². The predicted octanol–water partition coefficient (Wildman–Crippen LogP) is 2.83. The van der Waals surface area contributed by atoms with Crippen LogP contribution in [0, 0.1) is 5.92 Å². The Hall–Kier alpha value is -2.15. The number of hydrogen-bond donors (Lipinski definition) is 3. The Morgan fingerprint density at radius 2 is 1.85 bits per heavy atom. The molecule has 1 aliphatic heterocycles. The molecule has 1 heterocycles. The molecule has 0 aromatic heterocycles. The van der Waals surface area contributed by atoms with E-state index in [1.54, 1.807) is 12.1 Å². The zero-order chi connectivity index (χ0) is 17.8. The Morgan fingerprint density at radius 1 is 1.19 bits per heavy atom. The van der Waals surface area contributed by atoms with E-state index in [1.165, 1.54) is 6.42 Å². The highest BCUT2D eigenvalue weighted by atomic mass is 35.5. The number of anilines is 2. The van der Waals surface area contributed by atoms with Gasteiger partial charge < -0.3 is 25.8 Å². The fourth-order valence-electron chi connectivity index (χ4n) is 3.32. The van der Waals surface area contributed by atoms with Crippen molar-refractivity contribution in [2.75, 3.05) is 17.8 Å². The maximum absolute atomic E-state index is 12.2. The van der Waals surface area contributed by atoms with Gasteiger partial charge in [0, 0.05) is 30.5 Å². The molecule has 3 rings (SSSR count). The van der Waals surface area contributed by atoms with Crippen LogP contribution in [-0.4, -0.2) is 24.6 Å². The second-order valence-corrected chi connectivity index (χ2v) is 6.79. The van der Waals surface area contributed by atoms with Crippen LogP contribution in [0.5, 0.6) is 11.5 Å². The molecule has 0 spiro atoms. The number of fused-ring (bicyclic) bond motifs is 1. The van der Waals surface area contributed by atoms with Crippen LogP contribution in [0.15, 0.2) is 12.1 Å². The largest absolute Gasteiger partial charge is 0.454 e. The van der Waals surface area contributed by atoms with Gasteiger partial charge in [-0.05, 0) is 19.8 Å². The lowest BCUT2D eigenvalue weighted by Gasteiger charge is -2.23. The van der Waals surface area contributed by atoms with Gasteiger partial charge in [-0.15, -0.1) is 12.4 Å². The number of carbonyl (C=O) groups excluding carboxylic acids is 2. The third-order valence-electron chi connectivity index (χ3n) is 4.68. The van der Waals surface area contributed by atoms with Crippen molar-refractivity contribution in [1.29, 1.82) is 0 Å². The number of rotatable bonds is 5. The number of hydrogen-bond acceptors (Lipinski definition) is 5. The van der Waals surface area contributed by atoms with Gasteiger partial charge in [-0.25, -0.2) is 0 Å². The van der Waals surface area contributed by atoms with Gasteiger partial charge in [-0.2, -0.15) is 0 Å². The first kappa shape index (κ1) is 20.2. The summed E-state index contributed by atoms with van der Waals surface area (Å²) < 4.78 is 10.5. The van der Waals surface area contributed by atoms with Crippen LogP contribution in [0.1, 0.15) is 45.4 Å². The van der Waals surface area contributed by atoms with Crippen molar-refractivity contribution in [3.05, 3.63) is 12.1 Å². The molecule has 7 nitrogen and oxygen atoms in total. The molecule has 1 aromatic carbocycles. The molecule has 2 amide bonds. The summed E-state index contributed by atoms with van der Waals surface area (Å²) in [5.41, 5.74) is 6.83. The van der Waals surface area contributed by atoms with E-state index in [4.69, 9.17) is 15.2 Å². The molecular formula is C18H26ClN3O4. The van der Waals surface area contributed by atoms with E-state index in [2.05, 4.69) is 10.6 Å². The fraction of sp³-hybridized carbons (Fsp3) is 0.556. The third kappa shape index (κ3) is 4.94. The van der Waals surface area contributed by atoms with Crippen LogP contribution in [0.2, 0.25) is 0 Å². The minimum atomic E-state index is -0.232. The van der Waals surface area contributed by atoms with Crippen molar-refractivity contribution in [3.63, 3.8) is 0 Å². The van der Waals surface area contributed by atoms with Gasteiger partial charge in [0.2, 0.25) is 18.6 Å². The Morgan fingerprint density at radius 3 is 2.54 bits per heavy atom. The number of nitrogens with two attached hydrogens (primary N) is 1. The molecule has 1 saturated carbocycles. The van der Waals surface area contributed by atoms with Crippen LogP contribution in [0.4, 0.5) is 11.4 Å². The molecule has 2 aliphatic rings. The Kier molecular flexibility index (Phi) is 6.97. The van der Waals surface area contributed by atoms with Gasteiger partial charge in [0.25, 0.3) is 0 Å². The second kappa shape index (κ2) is 8.98. The van der Waals surface area contributed by atoms with Crippen molar-refractivity contribution in [2.45, 2.75) is 51.5 Å². The third-order valence-corrected chi connectivity index (χ3v) is 4.68. The Balaban J connectivity index is 0.00000243. The first-order valence-corrected chi connectivity index (χ1v) is 8.82. The van der Waals surface area contributed by atoms with Crippen molar-refractivity contribution in [3.8, 4) is 11.5 Å². The molecule has 1 aromatic rings. The van der Waals surface area contributed by atoms with Crippen LogP contribution in [-0.2, 0) is 9.59 Å². The zero-order valence-electron chi connectivity index (χ0n) is 14.9. The molecule has 26 heavy (non-hydrogen) atoms. The summed E-state index contributed by atoms with van der Waals surface area (Å²) in [6.07, 6.45) is 5.49. The number of ether oxygens (including phenoxy) is 2. The molecule has 144 valence electrons. The number of nitrogens with one attached hydrogen (secondary N) is 2. The topological polar surface area (TPSA) is 103 Å². The zero-order valence-corrected chi connectivity index (χ0v) is 15.7. The molecule has 0 bridgehead atoms. The lowest BCUT2D eigenvalue weighted by atomic mass is 9.88. The maximum atomic E-state index is 12.2. The van der Waals surface area contributed by atoms with E-state index in [-0.39, 0.29) is 49.4 Å². The summed E-state index contributed by atoms with van der Waals surface area (Å²) in [5.74, 6) is 1.07. The summed E-state index contributed by atoms with van der Waals surface area (Å²) in [7, 11) is 0. The van der Waals surface area contributed by atoms with Crippen LogP contribution < -0.4 is 25.8 Å². The van der Waals surface area contributed by atoms with E-state index >= 15 is 0 Å². The second-order valence-electron chi connectivity index (χ2n) is 6.79. The quantitative estimate of drug-likeness (QED) is 0.678. The van der Waals surface area contributed by atoms with E-state index in [0.29, 0.717) is 22.9 Å². The number of benzene rings is 1. The summed E-state index contributed by atoms with van der Waals surface area (Å²) >= 11 is 0. The van der Waals surface area contributed by atoms with Gasteiger partial charge in [0.1, 0.15) is 0 Å². The summed E-state index contributed by atoms with van der Waals surface area (Å²) in [5, 5.41) is 5.72. The number of amides is 2. The minimum Gasteiger partial charge on any atom is -0.454 e. The van der Waals surface area contributed by atoms with E-state index in [0.717, 1.165) is 25.7 Å². The standard InChI is InChI=1S/C18H25N3O4.ClH/c1-11(20-18(23)12-5-3-2-4-6-12)7-17(22)21-14-9-16-15(8-13(14)19)24-10-25-16;/h8-9,11-12H,2-7,10,19H2,1H3,(H,20,23)(H,21,22);1H. The fourth-order valence-corrected chi connectivity index (χ4v) is 3.32. The van der Waals surface area contributed by atoms with E-state index < -0.39 is 0 Å². The average molecular weight is 384 g/mol. The smallest absolute Gasteiger partial charge is 0.231 e. The van der Waals surface area contributed by atoms with Gasteiger partial charge in [0.15, 0.2) is 11.5 Å². The van der Waals surface area contributed by atoms with E-state index in [9.17, 15) is 9.59 Å². The van der Waals surface area contributed by atoms with Crippen molar-refractivity contribution in [2.24, 2.45) is 5.92 Å². The monoisotopic (exact) mass is 383 g/mol. The molecular weight excluding hydrogens is 358 g/mol. The highest BCUT2D eigenvalue weighted by Crippen LogP contribution is 2.38. The predicted molar refractivity (Wildman–Crippen MR) is 102 cm³/mol. The van der Waals surface area contributed by atoms with Crippen LogP contribution >= 0.6 is 12.4 Å². The van der Waals surface area contributed by atoms with Gasteiger partial charge in [0.05, 0.1) is 11.4 Å². The van der Waals surface area contributed by atoms with E-state index in [1.807, 2.05) is 6.92 Å². The summed E-state index contributed by atoms with van der Waals surface area (Å²) in [6, 6.07) is 3.05. The lowest BCUT2D eigenvalue weighted by molar-refractivity contribution is -0.126. The number of nitrogen functional groups attached to an aromatic ring is 1. The van der Waals surface area contributed by atoms with Crippen LogP contribution in [0.3, 0.4) is 0 Å². The maximum Gasteiger partial charge on any atom is 0.231 e. The Bertz CT molecular complexity index is 662. The summed E-state index contributed by atoms with van der Waals surface area (Å²) in [4.78, 5) is 24.5. The van der Waals surface area contributed by atoms with Gasteiger partial charge in [-0.3, -0.25) is 9.59 Å². The molecule has 0 radical (unpaired) electrons. The normalized spacial score (nSPS) is 17.1. The lowest BCUT2D eigenvalue weighted by Crippen LogP contribution is -2.39. The SMILES string of the molecule is CC(CC(=O)Nc1cc2c(cc1N)OCO2)NC(=O)C1CCCCC1.Cl. The highest BCUT2D eigenvalue weighted by molar-refractivity contribution is 5.95. The van der Waals surface area contributed by atoms with Gasteiger partial charge in [-0.1, -0.05) is 19.3 Å². The molecule has 0 saturated heterocycles. The number of halogens is 1. The summed E-state index contributed by atoms with van der Waals surface area (Å²) in [6.45, 7) is 1.99. The molecule has 1 atom stereocenters. The molecule has 8 heteroatoms. The first-order valence-electron chi connectivity index (χ1n) is 8.82.